The monoisotopic (exact) mass is 302 g/mol. The maximum Gasteiger partial charge on any atom is 0.338 e. The van der Waals surface area contributed by atoms with E-state index in [9.17, 15) is 4.79 Å². The average Bonchev–Trinajstić information content (AvgIpc) is 2.54. The minimum absolute atomic E-state index is 0.127. The number of ether oxygens (including phenoxy) is 1. The Hall–Kier alpha value is -1.35. The van der Waals surface area contributed by atoms with Gasteiger partial charge in [-0.3, -0.25) is 0 Å². The number of aryl methyl sites for hydroxylation is 1. The number of hydrogen-bond donors (Lipinski definition) is 1. The van der Waals surface area contributed by atoms with Gasteiger partial charge in [-0.2, -0.15) is 0 Å². The number of piperidine rings is 1. The predicted octanol–water partition coefficient (Wildman–Crippen LogP) is 2.47. The third-order valence-corrected chi connectivity index (χ3v) is 5.39. The third-order valence-electron chi connectivity index (χ3n) is 5.39. The van der Waals surface area contributed by atoms with Crippen molar-refractivity contribution < 1.29 is 14.8 Å². The van der Waals surface area contributed by atoms with E-state index in [4.69, 9.17) is 4.74 Å². The van der Waals surface area contributed by atoms with Crippen LogP contribution in [-0.2, 0) is 17.6 Å². The van der Waals surface area contributed by atoms with Crippen LogP contribution in [0.15, 0.2) is 18.2 Å². The van der Waals surface area contributed by atoms with E-state index in [-0.39, 0.29) is 11.6 Å². The number of rotatable bonds is 3. The van der Waals surface area contributed by atoms with Crippen molar-refractivity contribution in [3.63, 3.8) is 0 Å². The highest BCUT2D eigenvalue weighted by molar-refractivity contribution is 5.91. The zero-order valence-corrected chi connectivity index (χ0v) is 13.9. The zero-order chi connectivity index (χ0) is 15.6. The van der Waals surface area contributed by atoms with Crippen molar-refractivity contribution in [2.24, 2.45) is 5.92 Å². The van der Waals surface area contributed by atoms with Gasteiger partial charge >= 0.3 is 5.97 Å². The molecule has 22 heavy (non-hydrogen) atoms. The highest BCUT2D eigenvalue weighted by atomic mass is 16.6. The van der Waals surface area contributed by atoms with Crippen molar-refractivity contribution in [2.45, 2.75) is 58.0 Å². The Morgan fingerprint density at radius 2 is 1.91 bits per heavy atom. The smallest absolute Gasteiger partial charge is 0.338 e. The van der Waals surface area contributed by atoms with Crippen LogP contribution >= 0.6 is 0 Å². The zero-order valence-electron chi connectivity index (χ0n) is 13.9. The first-order valence-corrected chi connectivity index (χ1v) is 8.74. The van der Waals surface area contributed by atoms with E-state index in [1.165, 1.54) is 24.0 Å². The molecule has 2 N–H and O–H groups in total. The summed E-state index contributed by atoms with van der Waals surface area (Å²) in [5.74, 6) is 0.347. The molecule has 1 heterocycles. The van der Waals surface area contributed by atoms with Crippen molar-refractivity contribution in [1.82, 2.24) is 0 Å². The van der Waals surface area contributed by atoms with Crippen LogP contribution in [0.5, 0.6) is 0 Å². The second-order valence-electron chi connectivity index (χ2n) is 7.28. The maximum absolute atomic E-state index is 12.7. The number of fused-ring (bicyclic) bond motifs is 1. The molecule has 0 atom stereocenters. The first-order chi connectivity index (χ1) is 10.6. The fourth-order valence-electron chi connectivity index (χ4n) is 3.97. The standard InChI is InChI=1S/C19H27NO2/c1-19(2,15-10-12-20-13-11-15)22-18(21)17-9-5-7-14-6-3-4-8-16(14)17/h5,7,9,15,20H,3-4,6,8,10-13H2,1-2H3/p+1. The van der Waals surface area contributed by atoms with Crippen LogP contribution in [0.2, 0.25) is 0 Å². The first kappa shape index (κ1) is 15.5. The van der Waals surface area contributed by atoms with Gasteiger partial charge in [0, 0.05) is 18.8 Å². The summed E-state index contributed by atoms with van der Waals surface area (Å²) in [4.78, 5) is 12.7. The molecule has 0 aromatic heterocycles. The summed E-state index contributed by atoms with van der Waals surface area (Å²) in [5.41, 5.74) is 2.99. The van der Waals surface area contributed by atoms with Gasteiger partial charge in [0.1, 0.15) is 5.60 Å². The van der Waals surface area contributed by atoms with E-state index in [2.05, 4.69) is 25.2 Å². The van der Waals surface area contributed by atoms with Gasteiger partial charge in [0.2, 0.25) is 0 Å². The fraction of sp³-hybridized carbons (Fsp3) is 0.632. The summed E-state index contributed by atoms with van der Waals surface area (Å²) in [6.07, 6.45) is 6.78. The highest BCUT2D eigenvalue weighted by Gasteiger charge is 2.36. The van der Waals surface area contributed by atoms with Crippen molar-refractivity contribution in [1.29, 1.82) is 0 Å². The Morgan fingerprint density at radius 3 is 2.68 bits per heavy atom. The molecule has 3 nitrogen and oxygen atoms in total. The Labute approximate surface area is 133 Å². The molecule has 0 radical (unpaired) electrons. The van der Waals surface area contributed by atoms with Crippen LogP contribution in [0, 0.1) is 5.92 Å². The molecule has 0 bridgehead atoms. The SMILES string of the molecule is CC(C)(OC(=O)c1cccc2c1CCCC2)C1CC[NH2+]CC1. The van der Waals surface area contributed by atoms with Gasteiger partial charge in [-0.15, -0.1) is 0 Å². The van der Waals surface area contributed by atoms with E-state index < -0.39 is 0 Å². The van der Waals surface area contributed by atoms with Crippen LogP contribution in [0.1, 0.15) is 61.0 Å². The van der Waals surface area contributed by atoms with Gasteiger partial charge in [0.25, 0.3) is 0 Å². The molecule has 1 fully saturated rings. The second-order valence-corrected chi connectivity index (χ2v) is 7.28. The Bertz CT molecular complexity index is 544. The van der Waals surface area contributed by atoms with Crippen LogP contribution in [-0.4, -0.2) is 24.7 Å². The predicted molar refractivity (Wildman–Crippen MR) is 87.0 cm³/mol. The van der Waals surface area contributed by atoms with E-state index in [1.807, 2.05) is 12.1 Å². The number of esters is 1. The van der Waals surface area contributed by atoms with E-state index >= 15 is 0 Å². The Morgan fingerprint density at radius 1 is 1.18 bits per heavy atom. The van der Waals surface area contributed by atoms with Crippen LogP contribution in [0.4, 0.5) is 0 Å². The van der Waals surface area contributed by atoms with Crippen molar-refractivity contribution in [3.8, 4) is 0 Å². The molecule has 0 amide bonds. The van der Waals surface area contributed by atoms with E-state index in [0.717, 1.165) is 44.3 Å². The number of nitrogens with two attached hydrogens (primary N) is 1. The van der Waals surface area contributed by atoms with E-state index in [0.29, 0.717) is 5.92 Å². The summed E-state index contributed by atoms with van der Waals surface area (Å²) >= 11 is 0. The van der Waals surface area contributed by atoms with Crippen molar-refractivity contribution in [2.75, 3.05) is 13.1 Å². The molecule has 0 spiro atoms. The molecule has 0 saturated carbocycles. The van der Waals surface area contributed by atoms with E-state index in [1.54, 1.807) is 0 Å². The lowest BCUT2D eigenvalue weighted by Gasteiger charge is -2.35. The quantitative estimate of drug-likeness (QED) is 0.872. The van der Waals surface area contributed by atoms with Gasteiger partial charge < -0.3 is 10.1 Å². The van der Waals surface area contributed by atoms with Crippen molar-refractivity contribution >= 4 is 5.97 Å². The molecule has 2 aliphatic rings. The van der Waals surface area contributed by atoms with Gasteiger partial charge in [-0.1, -0.05) is 12.1 Å². The molecule has 1 aromatic carbocycles. The minimum Gasteiger partial charge on any atom is -0.456 e. The summed E-state index contributed by atoms with van der Waals surface area (Å²) in [5, 5.41) is 2.35. The number of carbonyl (C=O) groups is 1. The molecule has 3 heteroatoms. The minimum atomic E-state index is -0.372. The topological polar surface area (TPSA) is 42.9 Å². The molecule has 1 aromatic rings. The number of hydrogen-bond acceptors (Lipinski definition) is 2. The van der Waals surface area contributed by atoms with Crippen LogP contribution in [0.25, 0.3) is 0 Å². The maximum atomic E-state index is 12.7. The number of benzene rings is 1. The van der Waals surface area contributed by atoms with Gasteiger partial charge in [-0.25, -0.2) is 4.79 Å². The lowest BCUT2D eigenvalue weighted by atomic mass is 9.83. The number of quaternary nitrogens is 1. The molecule has 120 valence electrons. The molecule has 1 aliphatic carbocycles. The van der Waals surface area contributed by atoms with Crippen LogP contribution in [0.3, 0.4) is 0 Å². The van der Waals surface area contributed by atoms with Gasteiger partial charge in [0.15, 0.2) is 0 Å². The largest absolute Gasteiger partial charge is 0.456 e. The van der Waals surface area contributed by atoms with Crippen LogP contribution < -0.4 is 5.32 Å². The second kappa shape index (κ2) is 6.41. The number of carbonyl (C=O) groups excluding carboxylic acids is 1. The third kappa shape index (κ3) is 3.19. The summed E-state index contributed by atoms with van der Waals surface area (Å²) in [7, 11) is 0. The first-order valence-electron chi connectivity index (χ1n) is 8.74. The Kier molecular flexibility index (Phi) is 4.53. The molecule has 1 saturated heterocycles. The lowest BCUT2D eigenvalue weighted by molar-refractivity contribution is -0.665. The van der Waals surface area contributed by atoms with Gasteiger partial charge in [-0.05, 0) is 56.7 Å². The molecule has 3 rings (SSSR count). The highest BCUT2D eigenvalue weighted by Crippen LogP contribution is 2.31. The summed E-state index contributed by atoms with van der Waals surface area (Å²) in [6.45, 7) is 6.45. The molecular weight excluding hydrogens is 274 g/mol. The Balaban J connectivity index is 1.76. The fourth-order valence-corrected chi connectivity index (χ4v) is 3.97. The summed E-state index contributed by atoms with van der Waals surface area (Å²) < 4.78 is 5.98. The average molecular weight is 302 g/mol. The van der Waals surface area contributed by atoms with Crippen molar-refractivity contribution in [3.05, 3.63) is 34.9 Å². The van der Waals surface area contributed by atoms with Gasteiger partial charge in [0.05, 0.1) is 18.7 Å². The normalized spacial score (nSPS) is 19.5. The molecular formula is C19H28NO2+. The summed E-state index contributed by atoms with van der Waals surface area (Å²) in [6, 6.07) is 6.11. The molecule has 1 aliphatic heterocycles. The lowest BCUT2D eigenvalue weighted by Crippen LogP contribution is -2.86. The molecule has 0 unspecified atom stereocenters.